The highest BCUT2D eigenvalue weighted by molar-refractivity contribution is 4.89. The van der Waals surface area contributed by atoms with E-state index in [0.717, 1.165) is 18.4 Å². The number of rotatable bonds is 8. The molecule has 0 saturated heterocycles. The second-order valence-electron chi connectivity index (χ2n) is 5.76. The lowest BCUT2D eigenvalue weighted by Gasteiger charge is -2.40. The molecule has 1 saturated carbocycles. The van der Waals surface area contributed by atoms with E-state index in [1.807, 2.05) is 7.11 Å². The molecule has 1 N–H and O–H groups in total. The van der Waals surface area contributed by atoms with Crippen molar-refractivity contribution >= 4 is 0 Å². The van der Waals surface area contributed by atoms with Crippen LogP contribution in [0.1, 0.15) is 65.7 Å². The Morgan fingerprint density at radius 1 is 1.17 bits per heavy atom. The van der Waals surface area contributed by atoms with Gasteiger partial charge < -0.3 is 10.1 Å². The number of hydrogen-bond donors (Lipinski definition) is 1. The molecule has 108 valence electrons. The summed E-state index contributed by atoms with van der Waals surface area (Å²) in [6.45, 7) is 7.89. The maximum atomic E-state index is 5.79. The molecule has 0 aromatic carbocycles. The SMILES string of the molecule is CCCC(OC)C(NCC)C1CCCCC1CC. The zero-order valence-corrected chi connectivity index (χ0v) is 12.9. The molecule has 1 aliphatic rings. The predicted molar refractivity (Wildman–Crippen MR) is 78.9 cm³/mol. The molecule has 1 aliphatic carbocycles. The molecule has 0 spiro atoms. The molecule has 18 heavy (non-hydrogen) atoms. The van der Waals surface area contributed by atoms with Gasteiger partial charge in [-0.15, -0.1) is 0 Å². The van der Waals surface area contributed by atoms with E-state index < -0.39 is 0 Å². The van der Waals surface area contributed by atoms with Gasteiger partial charge >= 0.3 is 0 Å². The van der Waals surface area contributed by atoms with Crippen molar-refractivity contribution in [2.45, 2.75) is 77.9 Å². The second kappa shape index (κ2) is 8.92. The van der Waals surface area contributed by atoms with Gasteiger partial charge in [-0.1, -0.05) is 52.9 Å². The van der Waals surface area contributed by atoms with E-state index in [0.29, 0.717) is 12.1 Å². The first-order chi connectivity index (χ1) is 8.78. The van der Waals surface area contributed by atoms with E-state index in [1.165, 1.54) is 44.9 Å². The summed E-state index contributed by atoms with van der Waals surface area (Å²) in [5.74, 6) is 1.72. The van der Waals surface area contributed by atoms with E-state index in [-0.39, 0.29) is 0 Å². The minimum atomic E-state index is 0.395. The van der Waals surface area contributed by atoms with Crippen LogP contribution in [0.2, 0.25) is 0 Å². The Morgan fingerprint density at radius 2 is 1.89 bits per heavy atom. The van der Waals surface area contributed by atoms with E-state index in [2.05, 4.69) is 26.1 Å². The van der Waals surface area contributed by atoms with Crippen LogP contribution in [0, 0.1) is 11.8 Å². The molecule has 0 amide bonds. The number of likely N-dealkylation sites (N-methyl/N-ethyl adjacent to an activating group) is 1. The second-order valence-corrected chi connectivity index (χ2v) is 5.76. The Morgan fingerprint density at radius 3 is 2.44 bits per heavy atom. The van der Waals surface area contributed by atoms with Gasteiger partial charge in [-0.25, -0.2) is 0 Å². The predicted octanol–water partition coefficient (Wildman–Crippen LogP) is 4.00. The van der Waals surface area contributed by atoms with Crippen LogP contribution in [0.3, 0.4) is 0 Å². The van der Waals surface area contributed by atoms with Crippen molar-refractivity contribution in [2.75, 3.05) is 13.7 Å². The van der Waals surface area contributed by atoms with Crippen LogP contribution in [0.25, 0.3) is 0 Å². The van der Waals surface area contributed by atoms with Gasteiger partial charge in [-0.2, -0.15) is 0 Å². The highest BCUT2D eigenvalue weighted by atomic mass is 16.5. The molecule has 0 aromatic rings. The zero-order valence-electron chi connectivity index (χ0n) is 12.9. The van der Waals surface area contributed by atoms with Crippen LogP contribution in [0.4, 0.5) is 0 Å². The van der Waals surface area contributed by atoms with E-state index in [4.69, 9.17) is 4.74 Å². The van der Waals surface area contributed by atoms with Crippen molar-refractivity contribution in [2.24, 2.45) is 11.8 Å². The van der Waals surface area contributed by atoms with Gasteiger partial charge in [0.2, 0.25) is 0 Å². The first-order valence-electron chi connectivity index (χ1n) is 8.04. The average molecular weight is 255 g/mol. The molecule has 0 heterocycles. The topological polar surface area (TPSA) is 21.3 Å². The Labute approximate surface area is 114 Å². The fourth-order valence-electron chi connectivity index (χ4n) is 3.74. The van der Waals surface area contributed by atoms with E-state index in [9.17, 15) is 0 Å². The zero-order chi connectivity index (χ0) is 13.4. The summed E-state index contributed by atoms with van der Waals surface area (Å²) in [6, 6.07) is 0.560. The van der Waals surface area contributed by atoms with Crippen molar-refractivity contribution < 1.29 is 4.74 Å². The largest absolute Gasteiger partial charge is 0.380 e. The monoisotopic (exact) mass is 255 g/mol. The third-order valence-corrected chi connectivity index (χ3v) is 4.67. The maximum absolute atomic E-state index is 5.79. The van der Waals surface area contributed by atoms with E-state index >= 15 is 0 Å². The van der Waals surface area contributed by atoms with E-state index in [1.54, 1.807) is 0 Å². The Kier molecular flexibility index (Phi) is 7.92. The lowest BCUT2D eigenvalue weighted by Crippen LogP contribution is -2.49. The first-order valence-corrected chi connectivity index (χ1v) is 8.04. The van der Waals surface area contributed by atoms with Gasteiger partial charge in [0.1, 0.15) is 0 Å². The van der Waals surface area contributed by atoms with Gasteiger partial charge in [-0.05, 0) is 31.2 Å². The van der Waals surface area contributed by atoms with Crippen molar-refractivity contribution in [1.82, 2.24) is 5.32 Å². The Bertz CT molecular complexity index is 207. The van der Waals surface area contributed by atoms with Gasteiger partial charge in [0, 0.05) is 13.2 Å². The molecule has 0 radical (unpaired) electrons. The summed E-state index contributed by atoms with van der Waals surface area (Å²) >= 11 is 0. The summed E-state index contributed by atoms with van der Waals surface area (Å²) in [5.41, 5.74) is 0. The van der Waals surface area contributed by atoms with Crippen molar-refractivity contribution in [3.63, 3.8) is 0 Å². The smallest absolute Gasteiger partial charge is 0.0726 e. The Balaban J connectivity index is 2.73. The Hall–Kier alpha value is -0.0800. The van der Waals surface area contributed by atoms with Crippen molar-refractivity contribution in [3.8, 4) is 0 Å². The van der Waals surface area contributed by atoms with Gasteiger partial charge in [-0.3, -0.25) is 0 Å². The minimum absolute atomic E-state index is 0.395. The number of ether oxygens (including phenoxy) is 1. The molecule has 1 rings (SSSR count). The summed E-state index contributed by atoms with van der Waals surface area (Å²) in [7, 11) is 1.88. The molecule has 4 atom stereocenters. The third-order valence-electron chi connectivity index (χ3n) is 4.67. The molecule has 4 unspecified atom stereocenters. The molecular weight excluding hydrogens is 222 g/mol. The lowest BCUT2D eigenvalue weighted by molar-refractivity contribution is 0.0180. The summed E-state index contributed by atoms with van der Waals surface area (Å²) in [5, 5.41) is 3.73. The van der Waals surface area contributed by atoms with Crippen molar-refractivity contribution in [3.05, 3.63) is 0 Å². The molecule has 0 bridgehead atoms. The highest BCUT2D eigenvalue weighted by Crippen LogP contribution is 2.36. The van der Waals surface area contributed by atoms with Crippen LogP contribution in [0.15, 0.2) is 0 Å². The fraction of sp³-hybridized carbons (Fsp3) is 1.00. The van der Waals surface area contributed by atoms with Gasteiger partial charge in [0.15, 0.2) is 0 Å². The van der Waals surface area contributed by atoms with Crippen molar-refractivity contribution in [1.29, 1.82) is 0 Å². The van der Waals surface area contributed by atoms with Crippen LogP contribution < -0.4 is 5.32 Å². The third kappa shape index (κ3) is 4.24. The summed E-state index contributed by atoms with van der Waals surface area (Å²) < 4.78 is 5.79. The van der Waals surface area contributed by atoms with Gasteiger partial charge in [0.25, 0.3) is 0 Å². The minimum Gasteiger partial charge on any atom is -0.380 e. The molecular formula is C16H33NO. The van der Waals surface area contributed by atoms with Gasteiger partial charge in [0.05, 0.1) is 6.10 Å². The highest BCUT2D eigenvalue weighted by Gasteiger charge is 2.34. The number of hydrogen-bond acceptors (Lipinski definition) is 2. The normalized spacial score (nSPS) is 28.0. The van der Waals surface area contributed by atoms with Crippen LogP contribution in [-0.4, -0.2) is 25.8 Å². The fourth-order valence-corrected chi connectivity index (χ4v) is 3.74. The summed E-state index contributed by atoms with van der Waals surface area (Å²) in [4.78, 5) is 0. The summed E-state index contributed by atoms with van der Waals surface area (Å²) in [6.07, 6.45) is 9.77. The first kappa shape index (κ1) is 16.0. The number of methoxy groups -OCH3 is 1. The maximum Gasteiger partial charge on any atom is 0.0726 e. The number of nitrogens with one attached hydrogen (secondary N) is 1. The molecule has 1 fully saturated rings. The standard InChI is InChI=1S/C16H33NO/c1-5-10-15(18-4)16(17-7-3)14-12-9-8-11-13(14)6-2/h13-17H,5-12H2,1-4H3. The lowest BCUT2D eigenvalue weighted by atomic mass is 9.72. The molecule has 0 aromatic heterocycles. The molecule has 0 aliphatic heterocycles. The van der Waals surface area contributed by atoms with Crippen LogP contribution in [0.5, 0.6) is 0 Å². The van der Waals surface area contributed by atoms with Crippen LogP contribution in [-0.2, 0) is 4.74 Å². The quantitative estimate of drug-likeness (QED) is 0.708. The average Bonchev–Trinajstić information content (AvgIpc) is 2.42. The molecule has 2 heteroatoms. The van der Waals surface area contributed by atoms with Crippen LogP contribution >= 0.6 is 0 Å². The molecule has 2 nitrogen and oxygen atoms in total.